The predicted octanol–water partition coefficient (Wildman–Crippen LogP) is 3.50. The van der Waals surface area contributed by atoms with E-state index in [0.29, 0.717) is 31.9 Å². The Bertz CT molecular complexity index is 1400. The van der Waals surface area contributed by atoms with E-state index in [0.717, 1.165) is 41.1 Å². The zero-order chi connectivity index (χ0) is 24.0. The second-order valence-corrected chi connectivity index (χ2v) is 10.1. The van der Waals surface area contributed by atoms with Crippen molar-refractivity contribution in [3.05, 3.63) is 66.2 Å². The molecular formula is C24H25N6O4P. The van der Waals surface area contributed by atoms with Crippen molar-refractivity contribution in [1.82, 2.24) is 24.5 Å². The van der Waals surface area contributed by atoms with Gasteiger partial charge in [-0.1, -0.05) is 30.3 Å². The topological polar surface area (TPSA) is 126 Å². The fourth-order valence-electron chi connectivity index (χ4n) is 5.04. The van der Waals surface area contributed by atoms with Crippen molar-refractivity contribution >= 4 is 24.9 Å². The molecule has 0 saturated carbocycles. The van der Waals surface area contributed by atoms with Crippen LogP contribution < -0.4 is 4.90 Å². The van der Waals surface area contributed by atoms with E-state index >= 15 is 0 Å². The molecule has 5 heterocycles. The van der Waals surface area contributed by atoms with Gasteiger partial charge in [0.05, 0.1) is 17.8 Å². The Morgan fingerprint density at radius 1 is 0.943 bits per heavy atom. The number of aryl methyl sites for hydroxylation is 1. The summed E-state index contributed by atoms with van der Waals surface area (Å²) in [5.74, 6) is 1.65. The van der Waals surface area contributed by atoms with E-state index < -0.39 is 13.9 Å². The average Bonchev–Trinajstić information content (AvgIpc) is 3.43. The Balaban J connectivity index is 1.23. The van der Waals surface area contributed by atoms with Gasteiger partial charge in [0.2, 0.25) is 5.95 Å². The highest BCUT2D eigenvalue weighted by atomic mass is 31.2. The molecule has 1 aromatic carbocycles. The highest BCUT2D eigenvalue weighted by Gasteiger charge is 2.29. The van der Waals surface area contributed by atoms with Crippen LogP contribution in [0.1, 0.15) is 36.7 Å². The number of phosphoric ester groups is 1. The van der Waals surface area contributed by atoms with E-state index in [-0.39, 0.29) is 6.04 Å². The van der Waals surface area contributed by atoms with Crippen LogP contribution in [-0.4, -0.2) is 53.5 Å². The van der Waals surface area contributed by atoms with Crippen LogP contribution >= 0.6 is 7.82 Å². The number of hydrogen-bond donors (Lipinski definition) is 2. The minimum absolute atomic E-state index is 0.232. The maximum atomic E-state index is 11.1. The number of hydrogen-bond acceptors (Lipinski definition) is 7. The fourth-order valence-corrected chi connectivity index (χ4v) is 5.64. The number of fused-ring (bicyclic) bond motifs is 3. The SMILES string of the molecule is O=P(O)(O)OC1CCN(c2ncc(-c3ccc4nc5n(c4n3)[C@@H](c3ccccc3)CC5)cn2)CC1. The molecule has 1 atom stereocenters. The molecule has 0 aliphatic carbocycles. The fraction of sp³-hybridized carbons (Fsp3) is 0.333. The highest BCUT2D eigenvalue weighted by Crippen LogP contribution is 2.40. The van der Waals surface area contributed by atoms with Gasteiger partial charge in [0.1, 0.15) is 11.3 Å². The Hall–Kier alpha value is -3.17. The van der Waals surface area contributed by atoms with Crippen molar-refractivity contribution in [3.63, 3.8) is 0 Å². The van der Waals surface area contributed by atoms with Crippen molar-refractivity contribution in [3.8, 4) is 11.3 Å². The molecule has 10 nitrogen and oxygen atoms in total. The second-order valence-electron chi connectivity index (χ2n) is 8.96. The lowest BCUT2D eigenvalue weighted by Gasteiger charge is -2.31. The molecule has 6 rings (SSSR count). The molecule has 1 saturated heterocycles. The molecule has 0 unspecified atom stereocenters. The monoisotopic (exact) mass is 492 g/mol. The molecule has 2 aliphatic rings. The lowest BCUT2D eigenvalue weighted by molar-refractivity contribution is 0.114. The van der Waals surface area contributed by atoms with Gasteiger partial charge in [0.15, 0.2) is 5.65 Å². The summed E-state index contributed by atoms with van der Waals surface area (Å²) in [6, 6.07) is 14.7. The van der Waals surface area contributed by atoms with E-state index in [2.05, 4.69) is 38.8 Å². The number of phosphoric acid groups is 1. The molecule has 35 heavy (non-hydrogen) atoms. The first-order valence-electron chi connectivity index (χ1n) is 11.7. The molecule has 11 heteroatoms. The molecule has 2 N–H and O–H groups in total. The maximum Gasteiger partial charge on any atom is 0.469 e. The standard InChI is InChI=1S/C24H25N6O4P/c31-35(32,33)34-18-10-12-29(13-11-18)24-25-14-17(15-26-24)19-6-7-20-23(28-19)30-21(8-9-22(30)27-20)16-4-2-1-3-5-16/h1-7,14-15,18,21H,8-13H2,(H2,31,32,33)/t21-/m1/s1. The van der Waals surface area contributed by atoms with E-state index in [1.54, 1.807) is 12.4 Å². The Kier molecular flexibility index (Phi) is 5.61. The quantitative estimate of drug-likeness (QED) is 0.403. The van der Waals surface area contributed by atoms with Gasteiger partial charge in [0.25, 0.3) is 0 Å². The summed E-state index contributed by atoms with van der Waals surface area (Å²) in [6.07, 6.45) is 6.03. The minimum Gasteiger partial charge on any atom is -0.341 e. The van der Waals surface area contributed by atoms with Crippen LogP contribution in [0.25, 0.3) is 22.4 Å². The normalized spacial score (nSPS) is 18.8. The van der Waals surface area contributed by atoms with Crippen LogP contribution in [0, 0.1) is 0 Å². The number of anilines is 1. The van der Waals surface area contributed by atoms with E-state index in [1.165, 1.54) is 5.56 Å². The van der Waals surface area contributed by atoms with Crippen molar-refractivity contribution in [1.29, 1.82) is 0 Å². The summed E-state index contributed by atoms with van der Waals surface area (Å²) >= 11 is 0. The summed E-state index contributed by atoms with van der Waals surface area (Å²) in [5.41, 5.74) is 4.64. The lowest BCUT2D eigenvalue weighted by atomic mass is 10.0. The number of imidazole rings is 1. The first-order valence-corrected chi connectivity index (χ1v) is 13.2. The van der Waals surface area contributed by atoms with Gasteiger partial charge >= 0.3 is 7.82 Å². The molecule has 2 aliphatic heterocycles. The van der Waals surface area contributed by atoms with Crippen molar-refractivity contribution in [2.45, 2.75) is 37.8 Å². The molecule has 0 bridgehead atoms. The maximum absolute atomic E-state index is 11.1. The molecular weight excluding hydrogens is 467 g/mol. The second kappa shape index (κ2) is 8.80. The van der Waals surface area contributed by atoms with E-state index in [1.807, 2.05) is 23.1 Å². The van der Waals surface area contributed by atoms with Gasteiger partial charge in [0, 0.05) is 37.5 Å². The molecule has 3 aromatic heterocycles. The molecule has 0 radical (unpaired) electrons. The molecule has 180 valence electrons. The summed E-state index contributed by atoms with van der Waals surface area (Å²) in [7, 11) is -4.47. The summed E-state index contributed by atoms with van der Waals surface area (Å²) in [5, 5.41) is 0. The Morgan fingerprint density at radius 2 is 1.69 bits per heavy atom. The zero-order valence-corrected chi connectivity index (χ0v) is 19.8. The van der Waals surface area contributed by atoms with Crippen LogP contribution in [0.15, 0.2) is 54.9 Å². The Labute approximate surface area is 201 Å². The summed E-state index contributed by atoms with van der Waals surface area (Å²) in [6.45, 7) is 1.13. The van der Waals surface area contributed by atoms with Gasteiger partial charge < -0.3 is 19.3 Å². The smallest absolute Gasteiger partial charge is 0.341 e. The predicted molar refractivity (Wildman–Crippen MR) is 130 cm³/mol. The lowest BCUT2D eigenvalue weighted by Crippen LogP contribution is -2.37. The number of piperidine rings is 1. The van der Waals surface area contributed by atoms with Crippen LogP contribution in [0.5, 0.6) is 0 Å². The van der Waals surface area contributed by atoms with Crippen LogP contribution in [0.3, 0.4) is 0 Å². The third-order valence-corrected chi connectivity index (χ3v) is 7.27. The van der Waals surface area contributed by atoms with Crippen molar-refractivity contribution < 1.29 is 18.9 Å². The van der Waals surface area contributed by atoms with Gasteiger partial charge in [-0.25, -0.2) is 24.5 Å². The minimum atomic E-state index is -4.47. The Morgan fingerprint density at radius 3 is 2.40 bits per heavy atom. The van der Waals surface area contributed by atoms with Gasteiger partial charge in [-0.3, -0.25) is 4.52 Å². The van der Waals surface area contributed by atoms with Crippen molar-refractivity contribution in [2.24, 2.45) is 0 Å². The summed E-state index contributed by atoms with van der Waals surface area (Å²) in [4.78, 5) is 38.9. The third kappa shape index (κ3) is 4.46. The first-order chi connectivity index (χ1) is 16.9. The third-order valence-electron chi connectivity index (χ3n) is 6.69. The van der Waals surface area contributed by atoms with Gasteiger partial charge in [-0.2, -0.15) is 0 Å². The first kappa shape index (κ1) is 22.3. The van der Waals surface area contributed by atoms with Crippen LogP contribution in [-0.2, 0) is 15.5 Å². The number of rotatable bonds is 5. The largest absolute Gasteiger partial charge is 0.469 e. The summed E-state index contributed by atoms with van der Waals surface area (Å²) < 4.78 is 18.1. The van der Waals surface area contributed by atoms with Crippen LogP contribution in [0.2, 0.25) is 0 Å². The molecule has 0 amide bonds. The number of aromatic nitrogens is 5. The number of nitrogens with zero attached hydrogens (tertiary/aromatic N) is 6. The average molecular weight is 492 g/mol. The van der Waals surface area contributed by atoms with Crippen LogP contribution in [0.4, 0.5) is 5.95 Å². The van der Waals surface area contributed by atoms with E-state index in [4.69, 9.17) is 24.3 Å². The van der Waals surface area contributed by atoms with Crippen molar-refractivity contribution in [2.75, 3.05) is 18.0 Å². The molecule has 1 fully saturated rings. The number of pyridine rings is 1. The highest BCUT2D eigenvalue weighted by molar-refractivity contribution is 7.46. The van der Waals surface area contributed by atoms with Gasteiger partial charge in [-0.15, -0.1) is 0 Å². The number of benzene rings is 1. The van der Waals surface area contributed by atoms with Gasteiger partial charge in [-0.05, 0) is 37.0 Å². The van der Waals surface area contributed by atoms with E-state index in [9.17, 15) is 4.57 Å². The molecule has 0 spiro atoms. The zero-order valence-electron chi connectivity index (χ0n) is 18.9. The molecule has 4 aromatic rings.